The fourth-order valence-corrected chi connectivity index (χ4v) is 2.43. The van der Waals surface area contributed by atoms with Crippen LogP contribution in [0.2, 0.25) is 0 Å². The molecule has 1 N–H and O–H groups in total. The van der Waals surface area contributed by atoms with Gasteiger partial charge in [-0.2, -0.15) is 0 Å². The number of carbonyl (C=O) groups is 1. The summed E-state index contributed by atoms with van der Waals surface area (Å²) in [5.74, 6) is 0.563. The van der Waals surface area contributed by atoms with Gasteiger partial charge in [-0.3, -0.25) is 4.79 Å². The van der Waals surface area contributed by atoms with Crippen LogP contribution in [0.3, 0.4) is 0 Å². The van der Waals surface area contributed by atoms with Gasteiger partial charge in [-0.05, 0) is 31.2 Å². The van der Waals surface area contributed by atoms with E-state index in [1.54, 1.807) is 30.6 Å². The van der Waals surface area contributed by atoms with Crippen LogP contribution in [0.1, 0.15) is 17.3 Å². The smallest absolute Gasteiger partial charge is 0.159 e. The van der Waals surface area contributed by atoms with E-state index < -0.39 is 6.10 Å². The number of aliphatic hydroxyl groups excluding tert-OH is 1. The SMILES string of the molecule is CC(=O)c1cccc(OC[C@@H](O)Cn2cnc3ccccc32)c1. The number of rotatable bonds is 6. The monoisotopic (exact) mass is 310 g/mol. The summed E-state index contributed by atoms with van der Waals surface area (Å²) in [6.07, 6.45) is 1.04. The molecule has 0 aliphatic heterocycles. The molecule has 1 atom stereocenters. The second-order valence-corrected chi connectivity index (χ2v) is 5.43. The average Bonchev–Trinajstić information content (AvgIpc) is 2.96. The van der Waals surface area contributed by atoms with Crippen molar-refractivity contribution in [2.24, 2.45) is 0 Å². The largest absolute Gasteiger partial charge is 0.491 e. The Hall–Kier alpha value is -2.66. The van der Waals surface area contributed by atoms with Crippen molar-refractivity contribution < 1.29 is 14.6 Å². The summed E-state index contributed by atoms with van der Waals surface area (Å²) in [5.41, 5.74) is 2.47. The van der Waals surface area contributed by atoms with E-state index in [1.165, 1.54) is 6.92 Å². The Kier molecular flexibility index (Phi) is 4.39. The van der Waals surface area contributed by atoms with Gasteiger partial charge in [0, 0.05) is 5.56 Å². The summed E-state index contributed by atoms with van der Waals surface area (Å²) in [5, 5.41) is 10.2. The summed E-state index contributed by atoms with van der Waals surface area (Å²) in [4.78, 5) is 15.7. The van der Waals surface area contributed by atoms with Crippen LogP contribution in [-0.2, 0) is 6.54 Å². The third-order valence-corrected chi connectivity index (χ3v) is 3.62. The van der Waals surface area contributed by atoms with Crippen LogP contribution in [0, 0.1) is 0 Å². The first-order chi connectivity index (χ1) is 11.1. The van der Waals surface area contributed by atoms with Gasteiger partial charge in [-0.1, -0.05) is 24.3 Å². The van der Waals surface area contributed by atoms with E-state index in [1.807, 2.05) is 28.8 Å². The van der Waals surface area contributed by atoms with E-state index in [2.05, 4.69) is 4.98 Å². The number of para-hydroxylation sites is 2. The second kappa shape index (κ2) is 6.62. The standard InChI is InChI=1S/C18H18N2O3/c1-13(21)14-5-4-6-16(9-14)23-11-15(22)10-20-12-19-17-7-2-3-8-18(17)20/h2-9,12,15,22H,10-11H2,1H3/t15-/m0/s1. The van der Waals surface area contributed by atoms with Gasteiger partial charge in [0.25, 0.3) is 0 Å². The molecule has 5 heteroatoms. The first-order valence-electron chi connectivity index (χ1n) is 7.45. The van der Waals surface area contributed by atoms with Crippen molar-refractivity contribution in [2.75, 3.05) is 6.61 Å². The number of benzene rings is 2. The van der Waals surface area contributed by atoms with Gasteiger partial charge in [0.2, 0.25) is 0 Å². The van der Waals surface area contributed by atoms with Gasteiger partial charge in [0.1, 0.15) is 18.5 Å². The molecule has 2 aromatic carbocycles. The summed E-state index contributed by atoms with van der Waals surface area (Å²) in [6, 6.07) is 14.7. The summed E-state index contributed by atoms with van der Waals surface area (Å²) in [7, 11) is 0. The summed E-state index contributed by atoms with van der Waals surface area (Å²) >= 11 is 0. The second-order valence-electron chi connectivity index (χ2n) is 5.43. The quantitative estimate of drug-likeness (QED) is 0.711. The molecule has 0 saturated carbocycles. The van der Waals surface area contributed by atoms with Crippen LogP contribution in [0.5, 0.6) is 5.75 Å². The minimum Gasteiger partial charge on any atom is -0.491 e. The number of imidazole rings is 1. The number of ketones is 1. The Morgan fingerprint density at radius 2 is 2.09 bits per heavy atom. The van der Waals surface area contributed by atoms with Crippen molar-refractivity contribution in [3.8, 4) is 5.75 Å². The molecule has 0 aliphatic carbocycles. The molecule has 23 heavy (non-hydrogen) atoms. The van der Waals surface area contributed by atoms with Gasteiger partial charge in [-0.25, -0.2) is 4.98 Å². The maximum Gasteiger partial charge on any atom is 0.159 e. The van der Waals surface area contributed by atoms with Crippen LogP contribution in [-0.4, -0.2) is 33.2 Å². The first-order valence-corrected chi connectivity index (χ1v) is 7.45. The molecule has 3 aromatic rings. The van der Waals surface area contributed by atoms with Crippen molar-refractivity contribution in [3.63, 3.8) is 0 Å². The molecule has 0 saturated heterocycles. The van der Waals surface area contributed by atoms with Crippen LogP contribution < -0.4 is 4.74 Å². The molecule has 0 radical (unpaired) electrons. The predicted octanol–water partition coefficient (Wildman–Crippen LogP) is 2.68. The van der Waals surface area contributed by atoms with Crippen LogP contribution >= 0.6 is 0 Å². The Morgan fingerprint density at radius 3 is 2.91 bits per heavy atom. The molecule has 5 nitrogen and oxygen atoms in total. The lowest BCUT2D eigenvalue weighted by molar-refractivity contribution is 0.0932. The minimum atomic E-state index is -0.673. The van der Waals surface area contributed by atoms with Crippen molar-refractivity contribution in [1.29, 1.82) is 0 Å². The summed E-state index contributed by atoms with van der Waals surface area (Å²) in [6.45, 7) is 2.05. The Morgan fingerprint density at radius 1 is 1.26 bits per heavy atom. The molecule has 0 aliphatic rings. The highest BCUT2D eigenvalue weighted by atomic mass is 16.5. The average molecular weight is 310 g/mol. The number of aromatic nitrogens is 2. The lowest BCUT2D eigenvalue weighted by Gasteiger charge is -2.14. The van der Waals surface area contributed by atoms with Gasteiger partial charge in [-0.15, -0.1) is 0 Å². The Labute approximate surface area is 134 Å². The van der Waals surface area contributed by atoms with Crippen LogP contribution in [0.15, 0.2) is 54.9 Å². The van der Waals surface area contributed by atoms with E-state index in [4.69, 9.17) is 4.74 Å². The van der Waals surface area contributed by atoms with E-state index in [0.717, 1.165) is 11.0 Å². The third kappa shape index (κ3) is 3.57. The maximum atomic E-state index is 11.4. The third-order valence-electron chi connectivity index (χ3n) is 3.62. The van der Waals surface area contributed by atoms with Gasteiger partial charge in [0.15, 0.2) is 5.78 Å². The number of hydrogen-bond donors (Lipinski definition) is 1. The summed E-state index contributed by atoms with van der Waals surface area (Å²) < 4.78 is 7.48. The highest BCUT2D eigenvalue weighted by Crippen LogP contribution is 2.15. The lowest BCUT2D eigenvalue weighted by Crippen LogP contribution is -2.23. The minimum absolute atomic E-state index is 0.0131. The molecule has 3 rings (SSSR count). The Bertz CT molecular complexity index is 826. The zero-order valence-electron chi connectivity index (χ0n) is 12.8. The van der Waals surface area contributed by atoms with Crippen molar-refractivity contribution in [1.82, 2.24) is 9.55 Å². The lowest BCUT2D eigenvalue weighted by atomic mass is 10.1. The number of nitrogens with zero attached hydrogens (tertiary/aromatic N) is 2. The molecule has 0 bridgehead atoms. The highest BCUT2D eigenvalue weighted by Gasteiger charge is 2.10. The molecular weight excluding hydrogens is 292 g/mol. The van der Waals surface area contributed by atoms with Crippen LogP contribution in [0.25, 0.3) is 11.0 Å². The van der Waals surface area contributed by atoms with E-state index in [0.29, 0.717) is 17.9 Å². The van der Waals surface area contributed by atoms with Crippen molar-refractivity contribution in [3.05, 3.63) is 60.4 Å². The van der Waals surface area contributed by atoms with Gasteiger partial charge < -0.3 is 14.4 Å². The number of ether oxygens (including phenoxy) is 1. The van der Waals surface area contributed by atoms with E-state index in [9.17, 15) is 9.90 Å². The number of carbonyl (C=O) groups excluding carboxylic acids is 1. The zero-order chi connectivity index (χ0) is 16.2. The normalized spacial score (nSPS) is 12.3. The Balaban J connectivity index is 1.62. The molecule has 0 unspecified atom stereocenters. The molecule has 1 heterocycles. The van der Waals surface area contributed by atoms with Gasteiger partial charge >= 0.3 is 0 Å². The fourth-order valence-electron chi connectivity index (χ4n) is 2.43. The molecule has 0 fully saturated rings. The molecule has 1 aromatic heterocycles. The number of Topliss-reactive ketones (excluding diaryl/α,β-unsaturated/α-hetero) is 1. The number of hydrogen-bond acceptors (Lipinski definition) is 4. The van der Waals surface area contributed by atoms with E-state index >= 15 is 0 Å². The fraction of sp³-hybridized carbons (Fsp3) is 0.222. The number of aliphatic hydroxyl groups is 1. The topological polar surface area (TPSA) is 64.3 Å². The van der Waals surface area contributed by atoms with E-state index in [-0.39, 0.29) is 12.4 Å². The molecule has 118 valence electrons. The van der Waals surface area contributed by atoms with Crippen LogP contribution in [0.4, 0.5) is 0 Å². The molecule has 0 amide bonds. The zero-order valence-corrected chi connectivity index (χ0v) is 12.8. The first kappa shape index (κ1) is 15.2. The van der Waals surface area contributed by atoms with Crippen molar-refractivity contribution >= 4 is 16.8 Å². The van der Waals surface area contributed by atoms with Crippen molar-refractivity contribution in [2.45, 2.75) is 19.6 Å². The molecule has 0 spiro atoms. The van der Waals surface area contributed by atoms with Gasteiger partial charge in [0.05, 0.1) is 23.9 Å². The molecular formula is C18H18N2O3. The maximum absolute atomic E-state index is 11.4. The number of fused-ring (bicyclic) bond motifs is 1. The highest BCUT2D eigenvalue weighted by molar-refractivity contribution is 5.94. The predicted molar refractivity (Wildman–Crippen MR) is 87.7 cm³/mol.